The van der Waals surface area contributed by atoms with Gasteiger partial charge in [-0.15, -0.1) is 13.2 Å². The number of carboxylic acids is 1. The van der Waals surface area contributed by atoms with Gasteiger partial charge in [-0.25, -0.2) is 13.6 Å². The molecule has 0 bridgehead atoms. The molecular weight excluding hydrogens is 355 g/mol. The van der Waals surface area contributed by atoms with Crippen LogP contribution in [0.25, 0.3) is 10.9 Å². The molecular formula is C14H11F5N2O4. The molecule has 0 saturated heterocycles. The van der Waals surface area contributed by atoms with Gasteiger partial charge in [-0.1, -0.05) is 0 Å². The number of H-pyrrole nitrogens is 1. The number of amides is 1. The SMILES string of the molecule is O=C(NC(CC(F)F)C(=O)O)c1cc2ccc(OC(F)(F)F)cc2[nH]1. The van der Waals surface area contributed by atoms with Crippen molar-refractivity contribution in [3.05, 3.63) is 30.0 Å². The van der Waals surface area contributed by atoms with Crippen molar-refractivity contribution in [1.82, 2.24) is 10.3 Å². The Morgan fingerprint density at radius 3 is 2.48 bits per heavy atom. The van der Waals surface area contributed by atoms with Crippen LogP contribution in [0.4, 0.5) is 22.0 Å². The number of carbonyl (C=O) groups is 2. The Balaban J connectivity index is 2.20. The summed E-state index contributed by atoms with van der Waals surface area (Å²) in [4.78, 5) is 25.3. The average molecular weight is 366 g/mol. The zero-order valence-electron chi connectivity index (χ0n) is 12.2. The molecule has 1 aromatic heterocycles. The highest BCUT2D eigenvalue weighted by molar-refractivity contribution is 5.99. The largest absolute Gasteiger partial charge is 0.573 e. The lowest BCUT2D eigenvalue weighted by Crippen LogP contribution is -2.42. The van der Waals surface area contributed by atoms with Gasteiger partial charge in [0.05, 0.1) is 0 Å². The molecule has 2 rings (SSSR count). The molecule has 25 heavy (non-hydrogen) atoms. The summed E-state index contributed by atoms with van der Waals surface area (Å²) in [6, 6.07) is 2.71. The molecule has 0 aliphatic heterocycles. The monoisotopic (exact) mass is 366 g/mol. The second kappa shape index (κ2) is 6.95. The van der Waals surface area contributed by atoms with E-state index in [0.717, 1.165) is 12.1 Å². The van der Waals surface area contributed by atoms with Crippen LogP contribution >= 0.6 is 0 Å². The fourth-order valence-electron chi connectivity index (χ4n) is 2.06. The lowest BCUT2D eigenvalue weighted by molar-refractivity contribution is -0.274. The van der Waals surface area contributed by atoms with Crippen molar-refractivity contribution in [3.8, 4) is 5.75 Å². The van der Waals surface area contributed by atoms with Crippen molar-refractivity contribution in [2.24, 2.45) is 0 Å². The van der Waals surface area contributed by atoms with E-state index in [1.165, 1.54) is 12.1 Å². The number of hydrogen-bond donors (Lipinski definition) is 3. The zero-order valence-corrected chi connectivity index (χ0v) is 12.2. The quantitative estimate of drug-likeness (QED) is 0.686. The van der Waals surface area contributed by atoms with Crippen molar-refractivity contribution < 1.29 is 41.4 Å². The Labute approximate surface area is 136 Å². The molecule has 6 nitrogen and oxygen atoms in total. The number of carbonyl (C=O) groups excluding carboxylic acids is 1. The molecule has 1 atom stereocenters. The third-order valence-electron chi connectivity index (χ3n) is 3.09. The molecule has 2 aromatic rings. The topological polar surface area (TPSA) is 91.4 Å². The van der Waals surface area contributed by atoms with Gasteiger partial charge < -0.3 is 20.1 Å². The lowest BCUT2D eigenvalue weighted by atomic mass is 10.2. The van der Waals surface area contributed by atoms with Gasteiger partial charge >= 0.3 is 12.3 Å². The van der Waals surface area contributed by atoms with Crippen LogP contribution < -0.4 is 10.1 Å². The Bertz CT molecular complexity index is 787. The van der Waals surface area contributed by atoms with E-state index in [0.29, 0.717) is 5.39 Å². The summed E-state index contributed by atoms with van der Waals surface area (Å²) in [6.45, 7) is 0. The van der Waals surface area contributed by atoms with Crippen LogP contribution in [-0.4, -0.2) is 40.8 Å². The molecule has 0 aliphatic carbocycles. The van der Waals surface area contributed by atoms with Crippen LogP contribution in [0.5, 0.6) is 5.75 Å². The summed E-state index contributed by atoms with van der Waals surface area (Å²) >= 11 is 0. The highest BCUT2D eigenvalue weighted by Crippen LogP contribution is 2.26. The molecule has 0 spiro atoms. The summed E-state index contributed by atoms with van der Waals surface area (Å²) in [7, 11) is 0. The zero-order chi connectivity index (χ0) is 18.8. The van der Waals surface area contributed by atoms with Crippen LogP contribution in [0.3, 0.4) is 0 Å². The summed E-state index contributed by atoms with van der Waals surface area (Å²) in [5, 5.41) is 11.1. The standard InChI is InChI=1S/C14H11F5N2O4/c15-11(16)5-10(13(23)24)21-12(22)9-3-6-1-2-7(4-8(6)20-9)25-14(17,18)19/h1-4,10-11,20H,5H2,(H,21,22)(H,23,24). The number of nitrogens with one attached hydrogen (secondary N) is 2. The third-order valence-corrected chi connectivity index (χ3v) is 3.09. The van der Waals surface area contributed by atoms with Gasteiger partial charge in [-0.3, -0.25) is 4.79 Å². The van der Waals surface area contributed by atoms with Crippen molar-refractivity contribution in [3.63, 3.8) is 0 Å². The molecule has 1 heterocycles. The number of aromatic amines is 1. The van der Waals surface area contributed by atoms with Gasteiger partial charge in [0.2, 0.25) is 6.43 Å². The first-order chi connectivity index (χ1) is 11.5. The van der Waals surface area contributed by atoms with Crippen molar-refractivity contribution in [1.29, 1.82) is 0 Å². The number of carboxylic acid groups (broad SMARTS) is 1. The summed E-state index contributed by atoms with van der Waals surface area (Å²) in [6.07, 6.45) is -8.90. The maximum absolute atomic E-state index is 12.3. The first kappa shape index (κ1) is 18.5. The summed E-state index contributed by atoms with van der Waals surface area (Å²) in [5.74, 6) is -3.14. The average Bonchev–Trinajstić information content (AvgIpc) is 2.87. The molecule has 136 valence electrons. The minimum Gasteiger partial charge on any atom is -0.480 e. The number of halogens is 5. The second-order valence-corrected chi connectivity index (χ2v) is 4.97. The van der Waals surface area contributed by atoms with Gasteiger partial charge in [-0.05, 0) is 18.2 Å². The Kier molecular flexibility index (Phi) is 5.14. The number of aromatic nitrogens is 1. The maximum atomic E-state index is 12.3. The first-order valence-electron chi connectivity index (χ1n) is 6.75. The van der Waals surface area contributed by atoms with E-state index in [-0.39, 0.29) is 11.2 Å². The molecule has 1 amide bonds. The highest BCUT2D eigenvalue weighted by atomic mass is 19.4. The van der Waals surface area contributed by atoms with Crippen LogP contribution in [0.1, 0.15) is 16.9 Å². The maximum Gasteiger partial charge on any atom is 0.573 e. The molecule has 1 aromatic carbocycles. The predicted molar refractivity (Wildman–Crippen MR) is 74.5 cm³/mol. The molecule has 3 N–H and O–H groups in total. The van der Waals surface area contributed by atoms with E-state index >= 15 is 0 Å². The smallest absolute Gasteiger partial charge is 0.480 e. The Hall–Kier alpha value is -2.85. The van der Waals surface area contributed by atoms with Crippen molar-refractivity contribution in [2.45, 2.75) is 25.3 Å². The summed E-state index contributed by atoms with van der Waals surface area (Å²) in [5.41, 5.74) is -0.0766. The number of hydrogen-bond acceptors (Lipinski definition) is 3. The molecule has 0 aliphatic rings. The van der Waals surface area contributed by atoms with E-state index in [9.17, 15) is 31.5 Å². The Morgan fingerprint density at radius 1 is 1.24 bits per heavy atom. The molecule has 0 radical (unpaired) electrons. The number of ether oxygens (including phenoxy) is 1. The second-order valence-electron chi connectivity index (χ2n) is 4.97. The summed E-state index contributed by atoms with van der Waals surface area (Å²) < 4.78 is 64.9. The van der Waals surface area contributed by atoms with E-state index in [2.05, 4.69) is 9.72 Å². The third kappa shape index (κ3) is 5.06. The van der Waals surface area contributed by atoms with Gasteiger partial charge in [0.15, 0.2) is 0 Å². The molecule has 0 saturated carbocycles. The number of benzene rings is 1. The Morgan fingerprint density at radius 2 is 1.92 bits per heavy atom. The molecule has 1 unspecified atom stereocenters. The van der Waals surface area contributed by atoms with E-state index < -0.39 is 42.9 Å². The minimum atomic E-state index is -4.88. The highest BCUT2D eigenvalue weighted by Gasteiger charge is 2.31. The fraction of sp³-hybridized carbons (Fsp3) is 0.286. The molecule has 11 heteroatoms. The van der Waals surface area contributed by atoms with Gasteiger partial charge in [0, 0.05) is 23.4 Å². The van der Waals surface area contributed by atoms with Gasteiger partial charge in [0.1, 0.15) is 17.5 Å². The van der Waals surface area contributed by atoms with Gasteiger partial charge in [0.25, 0.3) is 5.91 Å². The van der Waals surface area contributed by atoms with Crippen LogP contribution in [0.15, 0.2) is 24.3 Å². The first-order valence-corrected chi connectivity index (χ1v) is 6.75. The van der Waals surface area contributed by atoms with E-state index in [1.54, 1.807) is 0 Å². The van der Waals surface area contributed by atoms with Crippen molar-refractivity contribution >= 4 is 22.8 Å². The van der Waals surface area contributed by atoms with E-state index in [4.69, 9.17) is 5.11 Å². The van der Waals surface area contributed by atoms with Crippen molar-refractivity contribution in [2.75, 3.05) is 0 Å². The lowest BCUT2D eigenvalue weighted by Gasteiger charge is -2.13. The number of aliphatic carboxylic acids is 1. The van der Waals surface area contributed by atoms with Crippen LogP contribution in [0.2, 0.25) is 0 Å². The minimum absolute atomic E-state index is 0.118. The van der Waals surface area contributed by atoms with Crippen LogP contribution in [-0.2, 0) is 4.79 Å². The number of fused-ring (bicyclic) bond motifs is 1. The predicted octanol–water partition coefficient (Wildman–Crippen LogP) is 2.90. The number of alkyl halides is 5. The number of rotatable bonds is 6. The molecule has 0 fully saturated rings. The normalized spacial score (nSPS) is 13.0. The van der Waals surface area contributed by atoms with E-state index in [1.807, 2.05) is 5.32 Å². The fourth-order valence-corrected chi connectivity index (χ4v) is 2.06. The van der Waals surface area contributed by atoms with Crippen LogP contribution in [0, 0.1) is 0 Å². The van der Waals surface area contributed by atoms with Gasteiger partial charge in [-0.2, -0.15) is 0 Å².